The van der Waals surface area contributed by atoms with Crippen LogP contribution in [0, 0.1) is 6.92 Å². The van der Waals surface area contributed by atoms with Gasteiger partial charge in [0.15, 0.2) is 0 Å². The molecule has 7 nitrogen and oxygen atoms in total. The second kappa shape index (κ2) is 10.1. The standard InChI is InChI=1S/C24H32N4O3/c1-19-26-21(28-13-6-3-7-14-28)18-22(27-19)31-17-12-25-23(29)24(10-15-30-16-11-24)20-8-4-2-5-9-20/h2,4-5,8-9,18H,3,6-7,10-17H2,1H3,(H,25,29). The minimum Gasteiger partial charge on any atom is -0.476 e. The first-order valence-electron chi connectivity index (χ1n) is 11.3. The summed E-state index contributed by atoms with van der Waals surface area (Å²) in [6, 6.07) is 11.9. The number of nitrogens with zero attached hydrogens (tertiary/aromatic N) is 3. The SMILES string of the molecule is Cc1nc(OCCNC(=O)C2(c3ccccc3)CCOCC2)cc(N2CCCCC2)n1. The summed E-state index contributed by atoms with van der Waals surface area (Å²) in [5.74, 6) is 2.23. The summed E-state index contributed by atoms with van der Waals surface area (Å²) in [4.78, 5) is 24.5. The summed E-state index contributed by atoms with van der Waals surface area (Å²) in [5.41, 5.74) is 0.515. The predicted octanol–water partition coefficient (Wildman–Crippen LogP) is 3.02. The van der Waals surface area contributed by atoms with Crippen molar-refractivity contribution in [2.24, 2.45) is 0 Å². The number of amides is 1. The van der Waals surface area contributed by atoms with E-state index in [9.17, 15) is 4.79 Å². The van der Waals surface area contributed by atoms with E-state index >= 15 is 0 Å². The van der Waals surface area contributed by atoms with Crippen molar-refractivity contribution in [1.82, 2.24) is 15.3 Å². The Kier molecular flexibility index (Phi) is 7.02. The van der Waals surface area contributed by atoms with Crippen LogP contribution in [0.4, 0.5) is 5.82 Å². The van der Waals surface area contributed by atoms with Crippen molar-refractivity contribution in [2.75, 3.05) is 44.4 Å². The lowest BCUT2D eigenvalue weighted by atomic mass is 9.73. The molecule has 1 N–H and O–H groups in total. The number of hydrogen-bond acceptors (Lipinski definition) is 6. The molecule has 2 aromatic rings. The van der Waals surface area contributed by atoms with Gasteiger partial charge in [-0.25, -0.2) is 4.98 Å². The summed E-state index contributed by atoms with van der Waals surface area (Å²) in [6.07, 6.45) is 5.04. The quantitative estimate of drug-likeness (QED) is 0.689. The van der Waals surface area contributed by atoms with E-state index in [0.29, 0.717) is 50.9 Å². The van der Waals surface area contributed by atoms with Crippen molar-refractivity contribution < 1.29 is 14.3 Å². The number of aryl methyl sites for hydroxylation is 1. The van der Waals surface area contributed by atoms with Crippen molar-refractivity contribution in [3.8, 4) is 5.88 Å². The van der Waals surface area contributed by atoms with Gasteiger partial charge in [-0.1, -0.05) is 30.3 Å². The van der Waals surface area contributed by atoms with Crippen LogP contribution in [-0.4, -0.2) is 55.3 Å². The molecule has 0 bridgehead atoms. The molecule has 0 atom stereocenters. The van der Waals surface area contributed by atoms with Gasteiger partial charge >= 0.3 is 0 Å². The number of carbonyl (C=O) groups excluding carboxylic acids is 1. The Hall–Kier alpha value is -2.67. The lowest BCUT2D eigenvalue weighted by molar-refractivity contribution is -0.130. The second-order valence-corrected chi connectivity index (χ2v) is 8.32. The number of nitrogens with one attached hydrogen (secondary N) is 1. The molecule has 0 aliphatic carbocycles. The van der Waals surface area contributed by atoms with E-state index < -0.39 is 5.41 Å². The first-order chi connectivity index (χ1) is 15.2. The van der Waals surface area contributed by atoms with Crippen LogP contribution in [-0.2, 0) is 14.9 Å². The van der Waals surface area contributed by atoms with E-state index in [0.717, 1.165) is 24.5 Å². The van der Waals surface area contributed by atoms with E-state index in [1.807, 2.05) is 43.3 Å². The lowest BCUT2D eigenvalue weighted by Gasteiger charge is -2.36. The van der Waals surface area contributed by atoms with Gasteiger partial charge in [-0.2, -0.15) is 4.98 Å². The number of piperidine rings is 1. The highest BCUT2D eigenvalue weighted by molar-refractivity contribution is 5.88. The van der Waals surface area contributed by atoms with Crippen LogP contribution in [0.5, 0.6) is 5.88 Å². The molecule has 2 aliphatic heterocycles. The zero-order valence-corrected chi connectivity index (χ0v) is 18.3. The molecule has 7 heteroatoms. The van der Waals surface area contributed by atoms with Gasteiger partial charge in [-0.15, -0.1) is 0 Å². The fourth-order valence-corrected chi connectivity index (χ4v) is 4.50. The van der Waals surface area contributed by atoms with Gasteiger partial charge in [-0.05, 0) is 44.6 Å². The molecule has 31 heavy (non-hydrogen) atoms. The fourth-order valence-electron chi connectivity index (χ4n) is 4.50. The zero-order chi connectivity index (χ0) is 21.5. The van der Waals surface area contributed by atoms with Gasteiger partial charge in [0, 0.05) is 32.4 Å². The van der Waals surface area contributed by atoms with Gasteiger partial charge in [0.25, 0.3) is 0 Å². The largest absolute Gasteiger partial charge is 0.476 e. The molecule has 3 heterocycles. The third-order valence-electron chi connectivity index (χ3n) is 6.23. The molecule has 0 saturated carbocycles. The zero-order valence-electron chi connectivity index (χ0n) is 18.3. The third kappa shape index (κ3) is 5.15. The van der Waals surface area contributed by atoms with Crippen LogP contribution < -0.4 is 15.0 Å². The van der Waals surface area contributed by atoms with E-state index in [4.69, 9.17) is 9.47 Å². The van der Waals surface area contributed by atoms with Gasteiger partial charge < -0.3 is 19.7 Å². The van der Waals surface area contributed by atoms with Crippen molar-refractivity contribution in [2.45, 2.75) is 44.4 Å². The summed E-state index contributed by atoms with van der Waals surface area (Å²) in [6.45, 7) is 5.92. The predicted molar refractivity (Wildman–Crippen MR) is 120 cm³/mol. The van der Waals surface area contributed by atoms with E-state index in [1.165, 1.54) is 19.3 Å². The molecule has 2 fully saturated rings. The second-order valence-electron chi connectivity index (χ2n) is 8.32. The Labute approximate surface area is 184 Å². The summed E-state index contributed by atoms with van der Waals surface area (Å²) in [7, 11) is 0. The van der Waals surface area contributed by atoms with Crippen LogP contribution in [0.2, 0.25) is 0 Å². The Morgan fingerprint density at radius 3 is 2.61 bits per heavy atom. The van der Waals surface area contributed by atoms with Crippen LogP contribution in [0.15, 0.2) is 36.4 Å². The van der Waals surface area contributed by atoms with E-state index in [1.54, 1.807) is 0 Å². The highest BCUT2D eigenvalue weighted by atomic mass is 16.5. The van der Waals surface area contributed by atoms with Crippen LogP contribution in [0.1, 0.15) is 43.5 Å². The number of rotatable bonds is 7. The van der Waals surface area contributed by atoms with E-state index in [2.05, 4.69) is 20.2 Å². The lowest BCUT2D eigenvalue weighted by Crippen LogP contribution is -2.48. The molecule has 0 spiro atoms. The molecule has 0 unspecified atom stereocenters. The maximum atomic E-state index is 13.2. The Morgan fingerprint density at radius 2 is 1.87 bits per heavy atom. The molecular formula is C24H32N4O3. The molecule has 1 aromatic carbocycles. The highest BCUT2D eigenvalue weighted by Crippen LogP contribution is 2.35. The third-order valence-corrected chi connectivity index (χ3v) is 6.23. The first-order valence-corrected chi connectivity index (χ1v) is 11.3. The summed E-state index contributed by atoms with van der Waals surface area (Å²) >= 11 is 0. The molecule has 1 aromatic heterocycles. The van der Waals surface area contributed by atoms with Crippen molar-refractivity contribution in [3.05, 3.63) is 47.8 Å². The average molecular weight is 425 g/mol. The molecule has 4 rings (SSSR count). The number of carbonyl (C=O) groups is 1. The first kappa shape index (κ1) is 21.6. The maximum Gasteiger partial charge on any atom is 0.230 e. The Morgan fingerprint density at radius 1 is 1.13 bits per heavy atom. The number of ether oxygens (including phenoxy) is 2. The number of anilines is 1. The van der Waals surface area contributed by atoms with Gasteiger partial charge in [0.05, 0.1) is 12.0 Å². The molecule has 166 valence electrons. The van der Waals surface area contributed by atoms with Gasteiger partial charge in [0.2, 0.25) is 11.8 Å². The van der Waals surface area contributed by atoms with Crippen LogP contribution in [0.3, 0.4) is 0 Å². The van der Waals surface area contributed by atoms with Crippen molar-refractivity contribution in [3.63, 3.8) is 0 Å². The maximum absolute atomic E-state index is 13.2. The Bertz CT molecular complexity index is 862. The van der Waals surface area contributed by atoms with Crippen molar-refractivity contribution in [1.29, 1.82) is 0 Å². The minimum atomic E-state index is -0.535. The molecule has 2 aliphatic rings. The van der Waals surface area contributed by atoms with Crippen molar-refractivity contribution >= 4 is 11.7 Å². The molecule has 2 saturated heterocycles. The smallest absolute Gasteiger partial charge is 0.230 e. The molecule has 0 radical (unpaired) electrons. The summed E-state index contributed by atoms with van der Waals surface area (Å²) in [5, 5.41) is 3.08. The van der Waals surface area contributed by atoms with Crippen LogP contribution >= 0.6 is 0 Å². The number of aromatic nitrogens is 2. The topological polar surface area (TPSA) is 76.6 Å². The average Bonchev–Trinajstić information content (AvgIpc) is 2.83. The number of benzene rings is 1. The van der Waals surface area contributed by atoms with Crippen LogP contribution in [0.25, 0.3) is 0 Å². The fraction of sp³-hybridized carbons (Fsp3) is 0.542. The van der Waals surface area contributed by atoms with Gasteiger partial charge in [0.1, 0.15) is 18.2 Å². The number of hydrogen-bond donors (Lipinski definition) is 1. The summed E-state index contributed by atoms with van der Waals surface area (Å²) < 4.78 is 11.4. The Balaban J connectivity index is 1.35. The normalized spacial score (nSPS) is 18.4. The monoisotopic (exact) mass is 424 g/mol. The highest BCUT2D eigenvalue weighted by Gasteiger charge is 2.41. The van der Waals surface area contributed by atoms with Gasteiger partial charge in [-0.3, -0.25) is 4.79 Å². The molecular weight excluding hydrogens is 392 g/mol. The molecule has 1 amide bonds. The minimum absolute atomic E-state index is 0.0403. The van der Waals surface area contributed by atoms with E-state index in [-0.39, 0.29) is 5.91 Å².